The van der Waals surface area contributed by atoms with Crippen molar-refractivity contribution in [2.24, 2.45) is 0 Å². The SMILES string of the molecule is COc1ccc(C(=O)O)c(SC)c1OC. The molecule has 0 radical (unpaired) electrons. The second-order valence-corrected chi connectivity index (χ2v) is 3.50. The second-order valence-electron chi connectivity index (χ2n) is 2.69. The van der Waals surface area contributed by atoms with Gasteiger partial charge in [-0.15, -0.1) is 11.8 Å². The minimum absolute atomic E-state index is 0.222. The van der Waals surface area contributed by atoms with Gasteiger partial charge in [0, 0.05) is 0 Å². The highest BCUT2D eigenvalue weighted by Crippen LogP contribution is 2.39. The molecule has 0 fully saturated rings. The molecule has 0 aliphatic rings. The van der Waals surface area contributed by atoms with Gasteiger partial charge in [0.2, 0.25) is 0 Å². The van der Waals surface area contributed by atoms with Gasteiger partial charge < -0.3 is 14.6 Å². The Morgan fingerprint density at radius 1 is 1.33 bits per heavy atom. The van der Waals surface area contributed by atoms with E-state index in [1.807, 2.05) is 0 Å². The third-order valence-electron chi connectivity index (χ3n) is 1.93. The van der Waals surface area contributed by atoms with Crippen molar-refractivity contribution in [3.8, 4) is 11.5 Å². The number of aromatic carboxylic acids is 1. The highest BCUT2D eigenvalue weighted by atomic mass is 32.2. The molecule has 1 aromatic rings. The molecule has 1 aromatic carbocycles. The third-order valence-corrected chi connectivity index (χ3v) is 2.75. The number of hydrogen-bond donors (Lipinski definition) is 1. The lowest BCUT2D eigenvalue weighted by molar-refractivity contribution is 0.0692. The van der Waals surface area contributed by atoms with E-state index in [-0.39, 0.29) is 5.56 Å². The number of hydrogen-bond acceptors (Lipinski definition) is 4. The van der Waals surface area contributed by atoms with E-state index in [0.717, 1.165) is 0 Å². The first-order valence-corrected chi connectivity index (χ1v) is 5.40. The van der Waals surface area contributed by atoms with Crippen LogP contribution in [0, 0.1) is 0 Å². The first-order chi connectivity index (χ1) is 7.15. The maximum atomic E-state index is 10.9. The van der Waals surface area contributed by atoms with Gasteiger partial charge in [0.25, 0.3) is 0 Å². The molecule has 0 aromatic heterocycles. The van der Waals surface area contributed by atoms with Crippen molar-refractivity contribution in [3.63, 3.8) is 0 Å². The van der Waals surface area contributed by atoms with E-state index in [1.54, 1.807) is 12.3 Å². The fraction of sp³-hybridized carbons (Fsp3) is 0.300. The second kappa shape index (κ2) is 4.93. The third kappa shape index (κ3) is 2.18. The Hall–Kier alpha value is -1.36. The normalized spacial score (nSPS) is 9.80. The number of carbonyl (C=O) groups is 1. The Balaban J connectivity index is 3.40. The first kappa shape index (κ1) is 11.7. The maximum absolute atomic E-state index is 10.9. The number of benzene rings is 1. The van der Waals surface area contributed by atoms with Crippen molar-refractivity contribution in [1.82, 2.24) is 0 Å². The van der Waals surface area contributed by atoms with Crippen LogP contribution in [0.3, 0.4) is 0 Å². The van der Waals surface area contributed by atoms with Gasteiger partial charge in [-0.1, -0.05) is 0 Å². The molecule has 82 valence electrons. The van der Waals surface area contributed by atoms with E-state index in [9.17, 15) is 4.79 Å². The lowest BCUT2D eigenvalue weighted by atomic mass is 10.2. The molecular weight excluding hydrogens is 216 g/mol. The molecule has 4 nitrogen and oxygen atoms in total. The fourth-order valence-corrected chi connectivity index (χ4v) is 2.01. The zero-order valence-electron chi connectivity index (χ0n) is 8.73. The van der Waals surface area contributed by atoms with Crippen LogP contribution in [0.1, 0.15) is 10.4 Å². The van der Waals surface area contributed by atoms with Crippen LogP contribution < -0.4 is 9.47 Å². The molecule has 0 spiro atoms. The van der Waals surface area contributed by atoms with E-state index < -0.39 is 5.97 Å². The smallest absolute Gasteiger partial charge is 0.336 e. The summed E-state index contributed by atoms with van der Waals surface area (Å²) < 4.78 is 10.2. The molecule has 0 amide bonds. The van der Waals surface area contributed by atoms with Crippen LogP contribution in [0.4, 0.5) is 0 Å². The van der Waals surface area contributed by atoms with Crippen LogP contribution in [0.2, 0.25) is 0 Å². The van der Waals surface area contributed by atoms with Gasteiger partial charge in [-0.3, -0.25) is 0 Å². The van der Waals surface area contributed by atoms with Crippen molar-refractivity contribution in [1.29, 1.82) is 0 Å². The van der Waals surface area contributed by atoms with Gasteiger partial charge in [-0.25, -0.2) is 4.79 Å². The molecule has 1 N–H and O–H groups in total. The molecule has 15 heavy (non-hydrogen) atoms. The summed E-state index contributed by atoms with van der Waals surface area (Å²) in [5, 5.41) is 8.97. The monoisotopic (exact) mass is 228 g/mol. The van der Waals surface area contributed by atoms with Crippen molar-refractivity contribution in [2.45, 2.75) is 4.90 Å². The van der Waals surface area contributed by atoms with Crippen molar-refractivity contribution in [2.75, 3.05) is 20.5 Å². The molecule has 0 saturated heterocycles. The van der Waals surface area contributed by atoms with E-state index >= 15 is 0 Å². The Morgan fingerprint density at radius 3 is 2.40 bits per heavy atom. The zero-order chi connectivity index (χ0) is 11.4. The molecule has 0 bridgehead atoms. The lowest BCUT2D eigenvalue weighted by Crippen LogP contribution is -2.02. The molecule has 0 atom stereocenters. The Morgan fingerprint density at radius 2 is 2.00 bits per heavy atom. The van der Waals surface area contributed by atoms with Crippen LogP contribution in [0.5, 0.6) is 11.5 Å². The maximum Gasteiger partial charge on any atom is 0.336 e. The highest BCUT2D eigenvalue weighted by Gasteiger charge is 2.18. The molecule has 0 aliphatic heterocycles. The molecule has 0 saturated carbocycles. The first-order valence-electron chi connectivity index (χ1n) is 4.18. The van der Waals surface area contributed by atoms with Gasteiger partial charge in [0.1, 0.15) is 0 Å². The molecule has 1 rings (SSSR count). The summed E-state index contributed by atoms with van der Waals surface area (Å²) in [5.41, 5.74) is 0.222. The molecule has 0 unspecified atom stereocenters. The number of carboxylic acid groups (broad SMARTS) is 1. The molecule has 5 heteroatoms. The zero-order valence-corrected chi connectivity index (χ0v) is 9.55. The predicted octanol–water partition coefficient (Wildman–Crippen LogP) is 2.12. The fourth-order valence-electron chi connectivity index (χ4n) is 1.27. The topological polar surface area (TPSA) is 55.8 Å². The van der Waals surface area contributed by atoms with Crippen molar-refractivity contribution in [3.05, 3.63) is 17.7 Å². The van der Waals surface area contributed by atoms with Gasteiger partial charge in [0.05, 0.1) is 24.7 Å². The summed E-state index contributed by atoms with van der Waals surface area (Å²) in [6.45, 7) is 0. The van der Waals surface area contributed by atoms with Gasteiger partial charge in [0.15, 0.2) is 11.5 Å². The summed E-state index contributed by atoms with van der Waals surface area (Å²) >= 11 is 1.32. The quantitative estimate of drug-likeness (QED) is 0.800. The minimum Gasteiger partial charge on any atom is -0.493 e. The number of carboxylic acids is 1. The summed E-state index contributed by atoms with van der Waals surface area (Å²) in [5.74, 6) is 0.0250. The van der Waals surface area contributed by atoms with Crippen molar-refractivity contribution < 1.29 is 19.4 Å². The van der Waals surface area contributed by atoms with Gasteiger partial charge >= 0.3 is 5.97 Å². The molecule has 0 aliphatic carbocycles. The Labute approximate surface area is 92.2 Å². The van der Waals surface area contributed by atoms with Crippen LogP contribution in [0.15, 0.2) is 17.0 Å². The lowest BCUT2D eigenvalue weighted by Gasteiger charge is -2.13. The summed E-state index contributed by atoms with van der Waals surface area (Å²) in [4.78, 5) is 11.5. The average molecular weight is 228 g/mol. The van der Waals surface area contributed by atoms with Crippen LogP contribution in [0.25, 0.3) is 0 Å². The average Bonchev–Trinajstić information content (AvgIpc) is 2.26. The van der Waals surface area contributed by atoms with Crippen molar-refractivity contribution >= 4 is 17.7 Å². The standard InChI is InChI=1S/C10H12O4S/c1-13-7-5-4-6(10(11)12)9(15-3)8(7)14-2/h4-5H,1-3H3,(H,11,12). The van der Waals surface area contributed by atoms with E-state index in [2.05, 4.69) is 0 Å². The molecule has 0 heterocycles. The van der Waals surface area contributed by atoms with Crippen LogP contribution in [-0.4, -0.2) is 31.6 Å². The number of methoxy groups -OCH3 is 2. The summed E-state index contributed by atoms with van der Waals surface area (Å²) in [6, 6.07) is 3.09. The van der Waals surface area contributed by atoms with Crippen LogP contribution >= 0.6 is 11.8 Å². The van der Waals surface area contributed by atoms with E-state index in [4.69, 9.17) is 14.6 Å². The van der Waals surface area contributed by atoms with Gasteiger partial charge in [-0.2, -0.15) is 0 Å². The number of ether oxygens (including phenoxy) is 2. The van der Waals surface area contributed by atoms with E-state index in [1.165, 1.54) is 32.0 Å². The minimum atomic E-state index is -0.972. The van der Waals surface area contributed by atoms with E-state index in [0.29, 0.717) is 16.4 Å². The number of thioether (sulfide) groups is 1. The summed E-state index contributed by atoms with van der Waals surface area (Å²) in [6.07, 6.45) is 1.80. The number of rotatable bonds is 4. The summed E-state index contributed by atoms with van der Waals surface area (Å²) in [7, 11) is 3.01. The largest absolute Gasteiger partial charge is 0.493 e. The Bertz CT molecular complexity index is 376. The Kier molecular flexibility index (Phi) is 3.85. The van der Waals surface area contributed by atoms with Gasteiger partial charge in [-0.05, 0) is 18.4 Å². The van der Waals surface area contributed by atoms with Crippen LogP contribution in [-0.2, 0) is 0 Å². The highest BCUT2D eigenvalue weighted by molar-refractivity contribution is 7.98. The predicted molar refractivity (Wildman–Crippen MR) is 58.3 cm³/mol. The molecular formula is C10H12O4S.